The number of rotatable bonds is 3. The first kappa shape index (κ1) is 16.5. The first-order valence-corrected chi connectivity index (χ1v) is 7.78. The topological polar surface area (TPSA) is 72.6 Å². The van der Waals surface area contributed by atoms with Gasteiger partial charge in [-0.2, -0.15) is 0 Å². The first-order valence-electron chi connectivity index (χ1n) is 7.78. The molecule has 3 atom stereocenters. The molecule has 1 unspecified atom stereocenters. The Balaban J connectivity index is 2.52. The number of ether oxygens (including phenoxy) is 1. The molecule has 1 aliphatic heterocycles. The van der Waals surface area contributed by atoms with Gasteiger partial charge in [0, 0.05) is 24.7 Å². The van der Waals surface area contributed by atoms with Gasteiger partial charge in [0.1, 0.15) is 0 Å². The molecular formula is C17H24N2O3. The van der Waals surface area contributed by atoms with Gasteiger partial charge in [0.2, 0.25) is 5.91 Å². The summed E-state index contributed by atoms with van der Waals surface area (Å²) in [6.45, 7) is 7.77. The summed E-state index contributed by atoms with van der Waals surface area (Å²) in [7, 11) is 0. The highest BCUT2D eigenvalue weighted by molar-refractivity contribution is 5.96. The van der Waals surface area contributed by atoms with Crippen LogP contribution >= 0.6 is 0 Å². The van der Waals surface area contributed by atoms with Crippen LogP contribution < -0.4 is 10.6 Å². The second-order valence-corrected chi connectivity index (χ2v) is 5.74. The molecule has 0 saturated heterocycles. The molecule has 0 fully saturated rings. The zero-order valence-corrected chi connectivity index (χ0v) is 13.6. The molecule has 2 rings (SSSR count). The minimum Gasteiger partial charge on any atom is -0.462 e. The fraction of sp³-hybridized carbons (Fsp3) is 0.529. The predicted molar refractivity (Wildman–Crippen MR) is 85.7 cm³/mol. The van der Waals surface area contributed by atoms with Crippen molar-refractivity contribution in [2.45, 2.75) is 46.2 Å². The van der Waals surface area contributed by atoms with E-state index < -0.39 is 0 Å². The van der Waals surface area contributed by atoms with Gasteiger partial charge in [0.15, 0.2) is 0 Å². The van der Waals surface area contributed by atoms with Gasteiger partial charge in [-0.3, -0.25) is 4.79 Å². The molecule has 1 aliphatic rings. The molecule has 22 heavy (non-hydrogen) atoms. The maximum Gasteiger partial charge on any atom is 0.338 e. The molecule has 2 N–H and O–H groups in total. The normalized spacial score (nSPS) is 23.9. The smallest absolute Gasteiger partial charge is 0.338 e. The van der Waals surface area contributed by atoms with Crippen LogP contribution in [0.15, 0.2) is 18.2 Å². The van der Waals surface area contributed by atoms with Crippen molar-refractivity contribution in [1.29, 1.82) is 0 Å². The van der Waals surface area contributed by atoms with Gasteiger partial charge in [-0.05, 0) is 43.0 Å². The van der Waals surface area contributed by atoms with Crippen LogP contribution in [0.4, 0.5) is 5.69 Å². The fourth-order valence-corrected chi connectivity index (χ4v) is 3.28. The maximum atomic E-state index is 12.1. The number of hydrogen-bond acceptors (Lipinski definition) is 4. The Kier molecular flexibility index (Phi) is 4.86. The summed E-state index contributed by atoms with van der Waals surface area (Å²) in [4.78, 5) is 25.8. The summed E-state index contributed by atoms with van der Waals surface area (Å²) >= 11 is 0. The van der Waals surface area contributed by atoms with Gasteiger partial charge >= 0.3 is 5.97 Å². The number of hydrogen-bond donors (Lipinski definition) is 1. The van der Waals surface area contributed by atoms with E-state index in [0.29, 0.717) is 12.2 Å². The van der Waals surface area contributed by atoms with E-state index in [2.05, 4.69) is 13.8 Å². The van der Waals surface area contributed by atoms with Crippen molar-refractivity contribution in [2.75, 3.05) is 11.5 Å². The number of nitrogens with two attached hydrogens (primary N) is 1. The molecule has 0 aromatic heterocycles. The molecular weight excluding hydrogens is 280 g/mol. The van der Waals surface area contributed by atoms with Crippen LogP contribution in [0.1, 0.15) is 56.1 Å². The number of fused-ring (bicyclic) bond motifs is 1. The Morgan fingerprint density at radius 3 is 2.55 bits per heavy atom. The van der Waals surface area contributed by atoms with Crippen LogP contribution in [0.5, 0.6) is 0 Å². The van der Waals surface area contributed by atoms with Gasteiger partial charge in [0.25, 0.3) is 0 Å². The van der Waals surface area contributed by atoms with Gasteiger partial charge in [-0.25, -0.2) is 4.79 Å². The maximum absolute atomic E-state index is 12.1. The second kappa shape index (κ2) is 6.48. The van der Waals surface area contributed by atoms with Gasteiger partial charge in [-0.1, -0.05) is 13.8 Å². The van der Waals surface area contributed by atoms with Crippen LogP contribution in [-0.2, 0) is 9.53 Å². The van der Waals surface area contributed by atoms with E-state index in [1.165, 1.54) is 0 Å². The lowest BCUT2D eigenvalue weighted by molar-refractivity contribution is -0.117. The highest BCUT2D eigenvalue weighted by atomic mass is 16.5. The molecule has 0 bridgehead atoms. The van der Waals surface area contributed by atoms with Crippen molar-refractivity contribution >= 4 is 17.6 Å². The van der Waals surface area contributed by atoms with E-state index in [4.69, 9.17) is 10.5 Å². The average molecular weight is 304 g/mol. The second-order valence-electron chi connectivity index (χ2n) is 5.74. The molecule has 0 radical (unpaired) electrons. The Bertz CT molecular complexity index is 585. The molecule has 120 valence electrons. The molecule has 0 saturated carbocycles. The molecule has 0 spiro atoms. The molecule has 1 aromatic rings. The summed E-state index contributed by atoms with van der Waals surface area (Å²) in [5.74, 6) is -0.244. The molecule has 1 amide bonds. The highest BCUT2D eigenvalue weighted by Crippen LogP contribution is 2.41. The highest BCUT2D eigenvalue weighted by Gasteiger charge is 2.38. The largest absolute Gasteiger partial charge is 0.462 e. The van der Waals surface area contributed by atoms with Gasteiger partial charge < -0.3 is 15.4 Å². The quantitative estimate of drug-likeness (QED) is 0.871. The van der Waals surface area contributed by atoms with E-state index >= 15 is 0 Å². The van der Waals surface area contributed by atoms with Crippen LogP contribution in [0.2, 0.25) is 0 Å². The van der Waals surface area contributed by atoms with Crippen molar-refractivity contribution in [3.05, 3.63) is 29.3 Å². The summed E-state index contributed by atoms with van der Waals surface area (Å²) in [5, 5.41) is 0. The number of nitrogens with zero attached hydrogens (tertiary/aromatic N) is 1. The summed E-state index contributed by atoms with van der Waals surface area (Å²) in [6, 6.07) is 5.13. The number of amides is 1. The number of anilines is 1. The third-order valence-electron chi connectivity index (χ3n) is 4.42. The van der Waals surface area contributed by atoms with E-state index in [9.17, 15) is 9.59 Å². The van der Waals surface area contributed by atoms with Crippen LogP contribution in [0.3, 0.4) is 0 Å². The number of carbonyl (C=O) groups excluding carboxylic acids is 2. The third-order valence-corrected chi connectivity index (χ3v) is 4.42. The van der Waals surface area contributed by atoms with E-state index in [1.54, 1.807) is 36.9 Å². The molecule has 1 aromatic carbocycles. The Morgan fingerprint density at radius 1 is 1.32 bits per heavy atom. The zero-order valence-electron chi connectivity index (χ0n) is 13.6. The summed E-state index contributed by atoms with van der Waals surface area (Å²) in [5.41, 5.74) is 8.48. The minimum atomic E-state index is -0.364. The van der Waals surface area contributed by atoms with Crippen molar-refractivity contribution in [1.82, 2.24) is 0 Å². The summed E-state index contributed by atoms with van der Waals surface area (Å²) < 4.78 is 5.04. The lowest BCUT2D eigenvalue weighted by Crippen LogP contribution is -2.50. The van der Waals surface area contributed by atoms with Crippen molar-refractivity contribution in [3.63, 3.8) is 0 Å². The number of esters is 1. The third kappa shape index (κ3) is 2.73. The Labute approximate surface area is 131 Å². The van der Waals surface area contributed by atoms with E-state index in [0.717, 1.165) is 17.7 Å². The monoisotopic (exact) mass is 304 g/mol. The Hall–Kier alpha value is -1.88. The molecule has 5 heteroatoms. The SMILES string of the molecule is CCOC(=O)c1ccc2c(c1)[C@H](N)C(C)[C@H](CC)N2C(C)=O. The van der Waals surface area contributed by atoms with E-state index in [-0.39, 0.29) is 29.9 Å². The molecule has 1 heterocycles. The van der Waals surface area contributed by atoms with Crippen molar-refractivity contribution in [3.8, 4) is 0 Å². The van der Waals surface area contributed by atoms with E-state index in [1.807, 2.05) is 0 Å². The number of carbonyl (C=O) groups is 2. The first-order chi connectivity index (χ1) is 10.4. The minimum absolute atomic E-state index is 0.00395. The Morgan fingerprint density at radius 2 is 2.00 bits per heavy atom. The van der Waals surface area contributed by atoms with Crippen molar-refractivity contribution in [2.24, 2.45) is 11.7 Å². The van der Waals surface area contributed by atoms with Crippen LogP contribution in [0.25, 0.3) is 0 Å². The standard InChI is InChI=1S/C17H24N2O3/c1-5-14-10(3)16(18)13-9-12(17(21)22-6-2)7-8-15(13)19(14)11(4)20/h7-10,14,16H,5-6,18H2,1-4H3/t10?,14-,16+/m0/s1. The van der Waals surface area contributed by atoms with Crippen LogP contribution in [-0.4, -0.2) is 24.5 Å². The average Bonchev–Trinajstić information content (AvgIpc) is 2.50. The summed E-state index contributed by atoms with van der Waals surface area (Å²) in [6.07, 6.45) is 0.841. The number of benzene rings is 1. The van der Waals surface area contributed by atoms with Gasteiger partial charge in [-0.15, -0.1) is 0 Å². The lowest BCUT2D eigenvalue weighted by Gasteiger charge is -2.43. The van der Waals surface area contributed by atoms with Crippen molar-refractivity contribution < 1.29 is 14.3 Å². The molecule has 5 nitrogen and oxygen atoms in total. The zero-order chi connectivity index (χ0) is 16.4. The van der Waals surface area contributed by atoms with Crippen LogP contribution in [0, 0.1) is 5.92 Å². The van der Waals surface area contributed by atoms with Gasteiger partial charge in [0.05, 0.1) is 12.2 Å². The molecule has 0 aliphatic carbocycles. The fourth-order valence-electron chi connectivity index (χ4n) is 3.28. The lowest BCUT2D eigenvalue weighted by atomic mass is 9.81. The predicted octanol–water partition coefficient (Wildman–Crippen LogP) is 2.64.